The van der Waals surface area contributed by atoms with Gasteiger partial charge in [0.1, 0.15) is 10.7 Å². The van der Waals surface area contributed by atoms with E-state index in [2.05, 4.69) is 11.6 Å². The molecule has 2 rings (SSSR count). The van der Waals surface area contributed by atoms with E-state index in [1.54, 1.807) is 11.8 Å². The number of rotatable bonds is 4. The molecule has 2 nitrogen and oxygen atoms in total. The molecule has 0 atom stereocenters. The fraction of sp³-hybridized carbons (Fsp3) is 0.0833. The van der Waals surface area contributed by atoms with Crippen LogP contribution in [-0.2, 0) is 0 Å². The van der Waals surface area contributed by atoms with Crippen LogP contribution in [0.5, 0.6) is 0 Å². The van der Waals surface area contributed by atoms with E-state index in [-0.39, 0.29) is 0 Å². The van der Waals surface area contributed by atoms with E-state index in [0.717, 1.165) is 26.4 Å². The van der Waals surface area contributed by atoms with E-state index in [1.807, 2.05) is 30.3 Å². The summed E-state index contributed by atoms with van der Waals surface area (Å²) >= 11 is 9.08. The van der Waals surface area contributed by atoms with Crippen molar-refractivity contribution < 1.29 is 0 Å². The van der Waals surface area contributed by atoms with E-state index in [0.29, 0.717) is 5.02 Å². The Kier molecular flexibility index (Phi) is 4.10. The van der Waals surface area contributed by atoms with Gasteiger partial charge in [-0.15, -0.1) is 6.58 Å². The van der Waals surface area contributed by atoms with Crippen LogP contribution in [0.2, 0.25) is 5.02 Å². The van der Waals surface area contributed by atoms with E-state index in [1.165, 1.54) is 11.3 Å². The number of thioether (sulfide) groups is 1. The summed E-state index contributed by atoms with van der Waals surface area (Å²) < 4.78 is 0.956. The first-order valence-electron chi connectivity index (χ1n) is 4.96. The molecule has 0 radical (unpaired) electrons. The molecule has 0 unspecified atom stereocenters. The second kappa shape index (κ2) is 5.58. The average molecular weight is 283 g/mol. The summed E-state index contributed by atoms with van der Waals surface area (Å²) in [5.41, 5.74) is 7.73. The maximum Gasteiger partial charge on any atom is 0.152 e. The number of nitrogens with zero attached hydrogens (tertiary/aromatic N) is 1. The molecule has 5 heteroatoms. The molecule has 0 amide bonds. The molecule has 88 valence electrons. The van der Waals surface area contributed by atoms with Crippen LogP contribution in [0, 0.1) is 0 Å². The molecule has 0 saturated heterocycles. The number of hydrogen-bond donors (Lipinski definition) is 1. The van der Waals surface area contributed by atoms with Crippen LogP contribution in [0.3, 0.4) is 0 Å². The predicted molar refractivity (Wildman–Crippen MR) is 77.9 cm³/mol. The first-order valence-corrected chi connectivity index (χ1v) is 7.14. The second-order valence-electron chi connectivity index (χ2n) is 3.30. The van der Waals surface area contributed by atoms with E-state index in [9.17, 15) is 0 Å². The Hall–Kier alpha value is -0.970. The Balaban J connectivity index is 2.32. The zero-order valence-corrected chi connectivity index (χ0v) is 11.4. The van der Waals surface area contributed by atoms with Crippen LogP contribution < -0.4 is 5.73 Å². The number of hydrogen-bond acceptors (Lipinski definition) is 4. The SMILES string of the molecule is C=CCSc1nc(-c2cccc(Cl)c2)c(N)s1. The monoisotopic (exact) mass is 282 g/mol. The Morgan fingerprint density at radius 3 is 3.06 bits per heavy atom. The van der Waals surface area contributed by atoms with Gasteiger partial charge in [0.05, 0.1) is 0 Å². The van der Waals surface area contributed by atoms with E-state index >= 15 is 0 Å². The number of nitrogens with two attached hydrogens (primary N) is 1. The zero-order chi connectivity index (χ0) is 12.3. The average Bonchev–Trinajstić information content (AvgIpc) is 2.68. The first-order chi connectivity index (χ1) is 8.20. The molecule has 17 heavy (non-hydrogen) atoms. The second-order valence-corrected chi connectivity index (χ2v) is 6.04. The maximum absolute atomic E-state index is 5.97. The fourth-order valence-corrected chi connectivity index (χ4v) is 3.25. The van der Waals surface area contributed by atoms with Crippen molar-refractivity contribution in [2.45, 2.75) is 4.34 Å². The van der Waals surface area contributed by atoms with Crippen LogP contribution in [0.1, 0.15) is 0 Å². The van der Waals surface area contributed by atoms with Gasteiger partial charge in [-0.2, -0.15) is 0 Å². The first kappa shape index (κ1) is 12.5. The topological polar surface area (TPSA) is 38.9 Å². The lowest BCUT2D eigenvalue weighted by Gasteiger charge is -1.98. The lowest BCUT2D eigenvalue weighted by atomic mass is 10.2. The van der Waals surface area contributed by atoms with E-state index < -0.39 is 0 Å². The standard InChI is InChI=1S/C12H11ClN2S2/c1-2-6-16-12-15-10(11(14)17-12)8-4-3-5-9(13)7-8/h2-5,7H,1,6,14H2. The molecule has 1 aromatic heterocycles. The Morgan fingerprint density at radius 1 is 1.53 bits per heavy atom. The molecule has 0 spiro atoms. The summed E-state index contributed by atoms with van der Waals surface area (Å²) in [5.74, 6) is 0.835. The van der Waals surface area contributed by atoms with Gasteiger partial charge >= 0.3 is 0 Å². The van der Waals surface area contributed by atoms with Crippen LogP contribution in [-0.4, -0.2) is 10.7 Å². The predicted octanol–water partition coefficient (Wildman–Crippen LogP) is 4.32. The lowest BCUT2D eigenvalue weighted by molar-refractivity contribution is 1.26. The summed E-state index contributed by atoms with van der Waals surface area (Å²) in [6, 6.07) is 7.56. The largest absolute Gasteiger partial charge is 0.389 e. The highest BCUT2D eigenvalue weighted by Crippen LogP contribution is 2.35. The fourth-order valence-electron chi connectivity index (χ4n) is 1.35. The molecular weight excluding hydrogens is 272 g/mol. The number of anilines is 1. The quantitative estimate of drug-likeness (QED) is 0.670. The highest BCUT2D eigenvalue weighted by molar-refractivity contribution is 8.01. The van der Waals surface area contributed by atoms with Crippen molar-refractivity contribution in [3.05, 3.63) is 41.9 Å². The third-order valence-electron chi connectivity index (χ3n) is 2.06. The van der Waals surface area contributed by atoms with Crippen molar-refractivity contribution >= 4 is 39.7 Å². The van der Waals surface area contributed by atoms with Crippen molar-refractivity contribution in [3.63, 3.8) is 0 Å². The van der Waals surface area contributed by atoms with Gasteiger partial charge in [0.15, 0.2) is 4.34 Å². The summed E-state index contributed by atoms with van der Waals surface area (Å²) in [7, 11) is 0. The summed E-state index contributed by atoms with van der Waals surface area (Å²) in [6.45, 7) is 3.68. The minimum Gasteiger partial charge on any atom is -0.389 e. The van der Waals surface area contributed by atoms with Crippen molar-refractivity contribution in [2.75, 3.05) is 11.5 Å². The Morgan fingerprint density at radius 2 is 2.35 bits per heavy atom. The van der Waals surface area contributed by atoms with Gasteiger partial charge in [0.2, 0.25) is 0 Å². The van der Waals surface area contributed by atoms with Gasteiger partial charge < -0.3 is 5.73 Å². The molecule has 0 bridgehead atoms. The summed E-state index contributed by atoms with van der Waals surface area (Å²) in [6.07, 6.45) is 1.85. The van der Waals surface area contributed by atoms with Gasteiger partial charge in [-0.3, -0.25) is 0 Å². The van der Waals surface area contributed by atoms with Crippen molar-refractivity contribution in [1.82, 2.24) is 4.98 Å². The normalized spacial score (nSPS) is 10.4. The number of halogens is 1. The maximum atomic E-state index is 5.97. The molecule has 1 heterocycles. The molecule has 0 saturated carbocycles. The Bertz CT molecular complexity index is 537. The van der Waals surface area contributed by atoms with Crippen LogP contribution in [0.4, 0.5) is 5.00 Å². The van der Waals surface area contributed by atoms with Gasteiger partial charge in [-0.05, 0) is 12.1 Å². The summed E-state index contributed by atoms with van der Waals surface area (Å²) in [5, 5.41) is 1.41. The van der Waals surface area contributed by atoms with Crippen LogP contribution in [0.25, 0.3) is 11.3 Å². The highest BCUT2D eigenvalue weighted by Gasteiger charge is 2.10. The molecule has 0 aliphatic rings. The number of thiazole rings is 1. The van der Waals surface area contributed by atoms with Crippen molar-refractivity contribution in [2.24, 2.45) is 0 Å². The van der Waals surface area contributed by atoms with Gasteiger partial charge in [0.25, 0.3) is 0 Å². The number of aromatic nitrogens is 1. The highest BCUT2D eigenvalue weighted by atomic mass is 35.5. The molecule has 1 aromatic carbocycles. The minimum atomic E-state index is 0.690. The molecule has 0 aliphatic carbocycles. The van der Waals surface area contributed by atoms with Crippen LogP contribution in [0.15, 0.2) is 41.3 Å². The zero-order valence-electron chi connectivity index (χ0n) is 9.02. The molecule has 2 N–H and O–H groups in total. The molecule has 0 aliphatic heterocycles. The minimum absolute atomic E-state index is 0.690. The number of nitrogen functional groups attached to an aromatic ring is 1. The molecular formula is C12H11ClN2S2. The Labute approximate surface area is 114 Å². The van der Waals surface area contributed by atoms with Crippen LogP contribution >= 0.6 is 34.7 Å². The lowest BCUT2D eigenvalue weighted by Crippen LogP contribution is -1.85. The smallest absolute Gasteiger partial charge is 0.152 e. The van der Waals surface area contributed by atoms with Crippen molar-refractivity contribution in [3.8, 4) is 11.3 Å². The summed E-state index contributed by atoms with van der Waals surface area (Å²) in [4.78, 5) is 4.51. The third kappa shape index (κ3) is 3.03. The van der Waals surface area contributed by atoms with E-state index in [4.69, 9.17) is 17.3 Å². The molecule has 2 aromatic rings. The van der Waals surface area contributed by atoms with Crippen molar-refractivity contribution in [1.29, 1.82) is 0 Å². The third-order valence-corrected chi connectivity index (χ3v) is 4.31. The van der Waals surface area contributed by atoms with Gasteiger partial charge in [-0.25, -0.2) is 4.98 Å². The number of benzene rings is 1. The van der Waals surface area contributed by atoms with Gasteiger partial charge in [-0.1, -0.05) is 52.9 Å². The van der Waals surface area contributed by atoms with Gasteiger partial charge in [0, 0.05) is 16.3 Å². The molecule has 0 fully saturated rings.